The van der Waals surface area contributed by atoms with Gasteiger partial charge in [-0.3, -0.25) is 4.79 Å². The minimum atomic E-state index is -1.01. The summed E-state index contributed by atoms with van der Waals surface area (Å²) in [5.41, 5.74) is 1.20. The number of nitrogens with zero attached hydrogens (tertiary/aromatic N) is 1. The maximum atomic E-state index is 12.6. The molecular formula is C20H29NO4. The number of aliphatic hydroxyl groups excluding tert-OH is 2. The number of hydrogen-bond acceptors (Lipinski definition) is 4. The number of carbonyl (C=O) groups is 1. The highest BCUT2D eigenvalue weighted by molar-refractivity contribution is 5.81. The second-order valence-electron chi connectivity index (χ2n) is 7.63. The predicted molar refractivity (Wildman–Crippen MR) is 95.4 cm³/mol. The van der Waals surface area contributed by atoms with E-state index in [4.69, 9.17) is 4.74 Å². The fourth-order valence-electron chi connectivity index (χ4n) is 4.24. The summed E-state index contributed by atoms with van der Waals surface area (Å²) >= 11 is 0. The highest BCUT2D eigenvalue weighted by Gasteiger charge is 2.39. The van der Waals surface area contributed by atoms with Crippen molar-refractivity contribution in [2.45, 2.75) is 57.2 Å². The normalized spacial score (nSPS) is 22.0. The Hall–Kier alpha value is -1.59. The van der Waals surface area contributed by atoms with Gasteiger partial charge in [0.1, 0.15) is 11.9 Å². The summed E-state index contributed by atoms with van der Waals surface area (Å²) < 4.78 is 5.19. The van der Waals surface area contributed by atoms with Crippen molar-refractivity contribution < 1.29 is 19.7 Å². The summed E-state index contributed by atoms with van der Waals surface area (Å²) in [6, 6.07) is 7.48. The first-order valence-electron chi connectivity index (χ1n) is 9.29. The molecular weight excluding hydrogens is 318 g/mol. The number of likely N-dealkylation sites (tertiary alicyclic amines) is 1. The Kier molecular flexibility index (Phi) is 5.64. The van der Waals surface area contributed by atoms with Gasteiger partial charge in [0.2, 0.25) is 0 Å². The molecule has 2 aliphatic rings. The molecule has 138 valence electrons. The van der Waals surface area contributed by atoms with Crippen molar-refractivity contribution in [2.24, 2.45) is 5.41 Å². The van der Waals surface area contributed by atoms with Gasteiger partial charge < -0.3 is 19.8 Å². The molecule has 5 heteroatoms. The highest BCUT2D eigenvalue weighted by Crippen LogP contribution is 2.44. The van der Waals surface area contributed by atoms with E-state index in [2.05, 4.69) is 0 Å². The van der Waals surface area contributed by atoms with Gasteiger partial charge in [0.25, 0.3) is 5.91 Å². The van der Waals surface area contributed by atoms with Crippen LogP contribution in [0, 0.1) is 5.41 Å². The van der Waals surface area contributed by atoms with Crippen LogP contribution in [0.5, 0.6) is 5.75 Å². The molecule has 25 heavy (non-hydrogen) atoms. The number of hydrogen-bond donors (Lipinski definition) is 2. The van der Waals surface area contributed by atoms with E-state index < -0.39 is 6.10 Å². The van der Waals surface area contributed by atoms with Crippen LogP contribution < -0.4 is 4.74 Å². The van der Waals surface area contributed by atoms with Crippen LogP contribution in [0.15, 0.2) is 24.3 Å². The molecule has 5 nitrogen and oxygen atoms in total. The zero-order chi connectivity index (χ0) is 17.9. The highest BCUT2D eigenvalue weighted by atomic mass is 16.5. The lowest BCUT2D eigenvalue weighted by Crippen LogP contribution is -2.48. The van der Waals surface area contributed by atoms with Crippen molar-refractivity contribution in [3.05, 3.63) is 29.8 Å². The lowest BCUT2D eigenvalue weighted by atomic mass is 9.67. The number of benzene rings is 1. The van der Waals surface area contributed by atoms with Gasteiger partial charge >= 0.3 is 0 Å². The van der Waals surface area contributed by atoms with E-state index >= 15 is 0 Å². The molecule has 1 aromatic carbocycles. The van der Waals surface area contributed by atoms with E-state index in [0.29, 0.717) is 24.9 Å². The van der Waals surface area contributed by atoms with Crippen molar-refractivity contribution in [2.75, 3.05) is 20.2 Å². The molecule has 1 unspecified atom stereocenters. The second-order valence-corrected chi connectivity index (χ2v) is 7.63. The number of amides is 1. The van der Waals surface area contributed by atoms with Gasteiger partial charge in [0.15, 0.2) is 0 Å². The molecule has 1 aliphatic carbocycles. The number of rotatable bonds is 4. The molecule has 1 saturated heterocycles. The van der Waals surface area contributed by atoms with Crippen LogP contribution in [0.25, 0.3) is 0 Å². The molecule has 2 fully saturated rings. The van der Waals surface area contributed by atoms with Crippen LogP contribution in [-0.4, -0.2) is 53.4 Å². The largest absolute Gasteiger partial charge is 0.497 e. The van der Waals surface area contributed by atoms with Crippen LogP contribution in [0.4, 0.5) is 0 Å². The predicted octanol–water partition coefficient (Wildman–Crippen LogP) is 2.14. The van der Waals surface area contributed by atoms with Gasteiger partial charge in [-0.1, -0.05) is 12.1 Å². The quantitative estimate of drug-likeness (QED) is 0.875. The third-order valence-corrected chi connectivity index (χ3v) is 6.00. The van der Waals surface area contributed by atoms with Crippen LogP contribution in [0.2, 0.25) is 0 Å². The van der Waals surface area contributed by atoms with E-state index in [1.165, 1.54) is 0 Å². The topological polar surface area (TPSA) is 70.0 Å². The molecule has 0 aromatic heterocycles. The molecule has 1 amide bonds. The summed E-state index contributed by atoms with van der Waals surface area (Å²) in [6.07, 6.45) is 5.01. The van der Waals surface area contributed by atoms with E-state index in [1.807, 2.05) is 24.3 Å². The summed E-state index contributed by atoms with van der Waals surface area (Å²) in [7, 11) is 1.61. The minimum absolute atomic E-state index is 0.144. The summed E-state index contributed by atoms with van der Waals surface area (Å²) in [4.78, 5) is 14.4. The monoisotopic (exact) mass is 347 g/mol. The summed E-state index contributed by atoms with van der Waals surface area (Å²) in [5.74, 6) is 0.560. The molecule has 1 heterocycles. The third kappa shape index (κ3) is 4.33. The van der Waals surface area contributed by atoms with Crippen molar-refractivity contribution >= 4 is 5.91 Å². The molecule has 1 aliphatic heterocycles. The smallest absolute Gasteiger partial charge is 0.251 e. The van der Waals surface area contributed by atoms with Gasteiger partial charge in [0.05, 0.1) is 13.2 Å². The lowest BCUT2D eigenvalue weighted by Gasteiger charge is -2.45. The first-order valence-corrected chi connectivity index (χ1v) is 9.29. The maximum Gasteiger partial charge on any atom is 0.251 e. The van der Waals surface area contributed by atoms with Crippen molar-refractivity contribution in [3.63, 3.8) is 0 Å². The number of piperidine rings is 1. The lowest BCUT2D eigenvalue weighted by molar-refractivity contribution is -0.143. The standard InChI is InChI=1S/C20H29NO4/c1-25-17-4-2-3-15(13-17)14-18(23)19(24)21-11-9-20(10-12-21)7-5-16(22)6-8-20/h2-4,13,16,18,22-23H,5-12,14H2,1H3. The Labute approximate surface area is 149 Å². The first-order chi connectivity index (χ1) is 12.0. The minimum Gasteiger partial charge on any atom is -0.497 e. The fraction of sp³-hybridized carbons (Fsp3) is 0.650. The fourth-order valence-corrected chi connectivity index (χ4v) is 4.24. The zero-order valence-corrected chi connectivity index (χ0v) is 15.0. The van der Waals surface area contributed by atoms with Crippen LogP contribution >= 0.6 is 0 Å². The van der Waals surface area contributed by atoms with Crippen LogP contribution in [0.3, 0.4) is 0 Å². The van der Waals surface area contributed by atoms with Crippen molar-refractivity contribution in [1.82, 2.24) is 4.90 Å². The Morgan fingerprint density at radius 3 is 2.60 bits per heavy atom. The number of ether oxygens (including phenoxy) is 1. The summed E-state index contributed by atoms with van der Waals surface area (Å²) in [5, 5.41) is 20.1. The van der Waals surface area contributed by atoms with E-state index in [1.54, 1.807) is 12.0 Å². The Morgan fingerprint density at radius 1 is 1.28 bits per heavy atom. The molecule has 1 spiro atoms. The molecule has 1 saturated carbocycles. The van der Waals surface area contributed by atoms with Gasteiger partial charge in [-0.2, -0.15) is 0 Å². The SMILES string of the molecule is COc1cccc(CC(O)C(=O)N2CCC3(CCC(O)CC3)CC2)c1. The van der Waals surface area contributed by atoms with Gasteiger partial charge in [-0.25, -0.2) is 0 Å². The van der Waals surface area contributed by atoms with Crippen LogP contribution in [0.1, 0.15) is 44.1 Å². The van der Waals surface area contributed by atoms with Crippen LogP contribution in [-0.2, 0) is 11.2 Å². The van der Waals surface area contributed by atoms with E-state index in [9.17, 15) is 15.0 Å². The molecule has 2 N–H and O–H groups in total. The molecule has 1 aromatic rings. The third-order valence-electron chi connectivity index (χ3n) is 6.00. The Balaban J connectivity index is 1.53. The van der Waals surface area contributed by atoms with Gasteiger partial charge in [0, 0.05) is 19.5 Å². The van der Waals surface area contributed by atoms with Gasteiger partial charge in [-0.15, -0.1) is 0 Å². The maximum absolute atomic E-state index is 12.6. The molecule has 0 bridgehead atoms. The number of aliphatic hydroxyl groups is 2. The molecule has 1 atom stereocenters. The summed E-state index contributed by atoms with van der Waals surface area (Å²) in [6.45, 7) is 1.42. The molecule has 0 radical (unpaired) electrons. The van der Waals surface area contributed by atoms with Crippen molar-refractivity contribution in [3.8, 4) is 5.75 Å². The average Bonchev–Trinajstić information content (AvgIpc) is 2.64. The Morgan fingerprint density at radius 2 is 1.96 bits per heavy atom. The average molecular weight is 347 g/mol. The van der Waals surface area contributed by atoms with E-state index in [-0.39, 0.29) is 12.0 Å². The number of carbonyl (C=O) groups excluding carboxylic acids is 1. The zero-order valence-electron chi connectivity index (χ0n) is 15.0. The first kappa shape index (κ1) is 18.2. The van der Waals surface area contributed by atoms with E-state index in [0.717, 1.165) is 49.8 Å². The number of methoxy groups -OCH3 is 1. The molecule has 3 rings (SSSR count). The Bertz CT molecular complexity index is 585. The second kappa shape index (κ2) is 7.75. The van der Waals surface area contributed by atoms with Crippen molar-refractivity contribution in [1.29, 1.82) is 0 Å². The van der Waals surface area contributed by atoms with Gasteiger partial charge in [-0.05, 0) is 61.6 Å².